The average molecular weight is 211 g/mol. The fourth-order valence-electron chi connectivity index (χ4n) is 2.88. The summed E-state index contributed by atoms with van der Waals surface area (Å²) >= 11 is 0. The van der Waals surface area contributed by atoms with E-state index in [1.807, 2.05) is 0 Å². The van der Waals surface area contributed by atoms with Crippen LogP contribution in [0.5, 0.6) is 0 Å². The Hall–Kier alpha value is -0.0400. The van der Waals surface area contributed by atoms with Crippen LogP contribution in [-0.2, 0) is 0 Å². The Balaban J connectivity index is 1.96. The molecule has 0 aliphatic heterocycles. The van der Waals surface area contributed by atoms with Crippen LogP contribution in [0.3, 0.4) is 0 Å². The highest BCUT2D eigenvalue weighted by Crippen LogP contribution is 2.34. The number of unbranched alkanes of at least 4 members (excludes halogenated alkanes) is 5. The topological polar surface area (TPSA) is 26.0 Å². The number of rotatable bonds is 7. The molecular formula is C14H29N. The summed E-state index contributed by atoms with van der Waals surface area (Å²) in [5.41, 5.74) is 6.04. The standard InChI is InChI=1S/C14H29N/c1-3-4-5-6-7-8-9-13-10-11-14(15)12(13)2/h12-14H,3-11,15H2,1-2H3. The lowest BCUT2D eigenvalue weighted by Crippen LogP contribution is -2.25. The smallest absolute Gasteiger partial charge is 0.00672 e. The maximum Gasteiger partial charge on any atom is 0.00672 e. The van der Waals surface area contributed by atoms with E-state index >= 15 is 0 Å². The fourth-order valence-corrected chi connectivity index (χ4v) is 2.88. The van der Waals surface area contributed by atoms with Crippen molar-refractivity contribution in [3.05, 3.63) is 0 Å². The molecule has 0 aromatic carbocycles. The van der Waals surface area contributed by atoms with Gasteiger partial charge in [-0.3, -0.25) is 0 Å². The first-order chi connectivity index (χ1) is 7.25. The van der Waals surface area contributed by atoms with Gasteiger partial charge in [0.15, 0.2) is 0 Å². The highest BCUT2D eigenvalue weighted by Gasteiger charge is 2.29. The first-order valence-corrected chi connectivity index (χ1v) is 7.01. The first kappa shape index (κ1) is 13.0. The number of hydrogen-bond donors (Lipinski definition) is 1. The van der Waals surface area contributed by atoms with Crippen molar-refractivity contribution in [2.24, 2.45) is 17.6 Å². The third kappa shape index (κ3) is 4.55. The summed E-state index contributed by atoms with van der Waals surface area (Å²) in [4.78, 5) is 0. The Bertz CT molecular complexity index is 155. The summed E-state index contributed by atoms with van der Waals surface area (Å²) in [5, 5.41) is 0. The van der Waals surface area contributed by atoms with Gasteiger partial charge in [0, 0.05) is 6.04 Å². The molecule has 0 heterocycles. The van der Waals surface area contributed by atoms with Crippen molar-refractivity contribution >= 4 is 0 Å². The maximum atomic E-state index is 6.04. The molecule has 1 aliphatic carbocycles. The monoisotopic (exact) mass is 211 g/mol. The molecule has 1 heteroatoms. The lowest BCUT2D eigenvalue weighted by Gasteiger charge is -2.17. The van der Waals surface area contributed by atoms with Gasteiger partial charge in [-0.05, 0) is 24.7 Å². The molecule has 15 heavy (non-hydrogen) atoms. The molecule has 0 bridgehead atoms. The molecule has 90 valence electrons. The zero-order valence-corrected chi connectivity index (χ0v) is 10.7. The van der Waals surface area contributed by atoms with Crippen molar-refractivity contribution in [3.8, 4) is 0 Å². The molecule has 2 N–H and O–H groups in total. The Kier molecular flexibility index (Phi) is 6.31. The highest BCUT2D eigenvalue weighted by atomic mass is 14.7. The van der Waals surface area contributed by atoms with E-state index in [0.29, 0.717) is 6.04 Å². The van der Waals surface area contributed by atoms with Crippen LogP contribution in [0.25, 0.3) is 0 Å². The van der Waals surface area contributed by atoms with Crippen LogP contribution in [-0.4, -0.2) is 6.04 Å². The number of nitrogens with two attached hydrogens (primary N) is 1. The van der Waals surface area contributed by atoms with E-state index in [2.05, 4.69) is 13.8 Å². The molecule has 1 rings (SSSR count). The van der Waals surface area contributed by atoms with Crippen molar-refractivity contribution in [2.45, 2.75) is 77.7 Å². The highest BCUT2D eigenvalue weighted by molar-refractivity contribution is 4.84. The molecule has 3 atom stereocenters. The van der Waals surface area contributed by atoms with Gasteiger partial charge in [-0.15, -0.1) is 0 Å². The van der Waals surface area contributed by atoms with Gasteiger partial charge >= 0.3 is 0 Å². The zero-order valence-electron chi connectivity index (χ0n) is 10.7. The van der Waals surface area contributed by atoms with E-state index in [1.165, 1.54) is 57.8 Å². The van der Waals surface area contributed by atoms with E-state index < -0.39 is 0 Å². The summed E-state index contributed by atoms with van der Waals surface area (Å²) in [5.74, 6) is 1.71. The van der Waals surface area contributed by atoms with Crippen LogP contribution in [0.1, 0.15) is 71.6 Å². The second-order valence-corrected chi connectivity index (χ2v) is 5.42. The van der Waals surface area contributed by atoms with Crippen LogP contribution >= 0.6 is 0 Å². The molecule has 0 radical (unpaired) electrons. The van der Waals surface area contributed by atoms with Gasteiger partial charge in [-0.2, -0.15) is 0 Å². The van der Waals surface area contributed by atoms with Crippen molar-refractivity contribution < 1.29 is 0 Å². The molecule has 1 fully saturated rings. The summed E-state index contributed by atoms with van der Waals surface area (Å²) in [6.45, 7) is 4.63. The third-order valence-electron chi connectivity index (χ3n) is 4.22. The minimum absolute atomic E-state index is 0.495. The Morgan fingerprint density at radius 3 is 2.27 bits per heavy atom. The van der Waals surface area contributed by atoms with Crippen molar-refractivity contribution in [1.82, 2.24) is 0 Å². The van der Waals surface area contributed by atoms with Gasteiger partial charge < -0.3 is 5.73 Å². The summed E-state index contributed by atoms with van der Waals surface area (Å²) in [7, 11) is 0. The van der Waals surface area contributed by atoms with Gasteiger partial charge in [-0.1, -0.05) is 58.8 Å². The van der Waals surface area contributed by atoms with Crippen molar-refractivity contribution in [1.29, 1.82) is 0 Å². The molecule has 0 amide bonds. The Morgan fingerprint density at radius 1 is 1.00 bits per heavy atom. The zero-order chi connectivity index (χ0) is 11.1. The molecule has 1 saturated carbocycles. The van der Waals surface area contributed by atoms with Crippen LogP contribution in [0.2, 0.25) is 0 Å². The summed E-state index contributed by atoms with van der Waals surface area (Å²) in [6, 6.07) is 0.495. The molecule has 1 aliphatic rings. The first-order valence-electron chi connectivity index (χ1n) is 7.01. The molecule has 3 unspecified atom stereocenters. The second-order valence-electron chi connectivity index (χ2n) is 5.42. The summed E-state index contributed by atoms with van der Waals surface area (Å²) in [6.07, 6.45) is 12.6. The molecule has 0 spiro atoms. The van der Waals surface area contributed by atoms with Crippen LogP contribution in [0.15, 0.2) is 0 Å². The van der Waals surface area contributed by atoms with Crippen molar-refractivity contribution in [3.63, 3.8) is 0 Å². The molecule has 0 aromatic heterocycles. The molecule has 0 aromatic rings. The lowest BCUT2D eigenvalue weighted by molar-refractivity contribution is 0.355. The van der Waals surface area contributed by atoms with Gasteiger partial charge in [-0.25, -0.2) is 0 Å². The Morgan fingerprint density at radius 2 is 1.67 bits per heavy atom. The third-order valence-corrected chi connectivity index (χ3v) is 4.22. The largest absolute Gasteiger partial charge is 0.327 e. The van der Waals surface area contributed by atoms with Crippen LogP contribution in [0.4, 0.5) is 0 Å². The second kappa shape index (κ2) is 7.27. The maximum absolute atomic E-state index is 6.04. The average Bonchev–Trinajstić information content (AvgIpc) is 2.54. The van der Waals surface area contributed by atoms with Gasteiger partial charge in [0.25, 0.3) is 0 Å². The van der Waals surface area contributed by atoms with Crippen LogP contribution in [0, 0.1) is 11.8 Å². The van der Waals surface area contributed by atoms with Crippen LogP contribution < -0.4 is 5.73 Å². The molecular weight excluding hydrogens is 182 g/mol. The van der Waals surface area contributed by atoms with E-state index in [-0.39, 0.29) is 0 Å². The van der Waals surface area contributed by atoms with E-state index in [4.69, 9.17) is 5.73 Å². The Labute approximate surface area is 95.8 Å². The lowest BCUT2D eigenvalue weighted by atomic mass is 9.90. The predicted molar refractivity (Wildman–Crippen MR) is 67.9 cm³/mol. The normalized spacial score (nSPS) is 31.0. The fraction of sp³-hybridized carbons (Fsp3) is 1.00. The van der Waals surface area contributed by atoms with E-state index in [9.17, 15) is 0 Å². The van der Waals surface area contributed by atoms with Crippen molar-refractivity contribution in [2.75, 3.05) is 0 Å². The van der Waals surface area contributed by atoms with Gasteiger partial charge in [0.2, 0.25) is 0 Å². The van der Waals surface area contributed by atoms with E-state index in [0.717, 1.165) is 11.8 Å². The molecule has 1 nitrogen and oxygen atoms in total. The quantitative estimate of drug-likeness (QED) is 0.630. The predicted octanol–water partition coefficient (Wildman–Crippen LogP) is 4.11. The SMILES string of the molecule is CCCCCCCCC1CCC(N)C1C. The minimum Gasteiger partial charge on any atom is -0.327 e. The van der Waals surface area contributed by atoms with Gasteiger partial charge in [0.1, 0.15) is 0 Å². The minimum atomic E-state index is 0.495. The van der Waals surface area contributed by atoms with Gasteiger partial charge in [0.05, 0.1) is 0 Å². The van der Waals surface area contributed by atoms with E-state index in [1.54, 1.807) is 0 Å². The number of hydrogen-bond acceptors (Lipinski definition) is 1. The molecule has 0 saturated heterocycles. The summed E-state index contributed by atoms with van der Waals surface area (Å²) < 4.78 is 0.